The van der Waals surface area contributed by atoms with Gasteiger partial charge in [0.1, 0.15) is 5.75 Å². The Labute approximate surface area is 234 Å². The van der Waals surface area contributed by atoms with Crippen molar-refractivity contribution < 1.29 is 9.47 Å². The average Bonchev–Trinajstić information content (AvgIpc) is 3.37. The lowest BCUT2D eigenvalue weighted by atomic mass is 10.1. The molecule has 202 valence electrons. The molecular formula is C33H42N2O2S. The van der Waals surface area contributed by atoms with Gasteiger partial charge in [0.25, 0.3) is 0 Å². The first kappa shape index (κ1) is 31.2. The lowest BCUT2D eigenvalue weighted by Crippen LogP contribution is -2.20. The number of benzene rings is 2. The molecule has 0 amide bonds. The van der Waals surface area contributed by atoms with Crippen molar-refractivity contribution in [3.05, 3.63) is 87.1 Å². The highest BCUT2D eigenvalue weighted by molar-refractivity contribution is 7.13. The van der Waals surface area contributed by atoms with Crippen LogP contribution in [0.5, 0.6) is 5.75 Å². The summed E-state index contributed by atoms with van der Waals surface area (Å²) in [4.78, 5) is 6.34. The highest BCUT2D eigenvalue weighted by Gasteiger charge is 1.99. The molecule has 0 atom stereocenters. The first-order chi connectivity index (χ1) is 18.0. The van der Waals surface area contributed by atoms with Gasteiger partial charge >= 0.3 is 0 Å². The maximum absolute atomic E-state index is 5.83. The van der Waals surface area contributed by atoms with Crippen LogP contribution in [0.25, 0.3) is 0 Å². The van der Waals surface area contributed by atoms with Crippen LogP contribution >= 0.6 is 11.3 Å². The van der Waals surface area contributed by atoms with Gasteiger partial charge in [0.2, 0.25) is 0 Å². The SMILES string of the molecule is C.CCN(C)CCCOc1ccc(C#Cc2ccc(C#Cc3ccc(CCCOCN(C)C)cc3)s2)cc1. The minimum atomic E-state index is 0. The van der Waals surface area contributed by atoms with Gasteiger partial charge in [-0.05, 0) is 101 Å². The van der Waals surface area contributed by atoms with Crippen molar-refractivity contribution in [2.45, 2.75) is 33.6 Å². The maximum Gasteiger partial charge on any atom is 0.119 e. The highest BCUT2D eigenvalue weighted by Crippen LogP contribution is 2.16. The third-order valence-electron chi connectivity index (χ3n) is 5.67. The number of aryl methyl sites for hydroxylation is 1. The summed E-state index contributed by atoms with van der Waals surface area (Å²) in [6, 6.07) is 20.6. The van der Waals surface area contributed by atoms with Crippen LogP contribution in [-0.2, 0) is 11.2 Å². The molecule has 0 aliphatic rings. The Morgan fingerprint density at radius 1 is 0.737 bits per heavy atom. The minimum absolute atomic E-state index is 0. The second kappa shape index (κ2) is 17.4. The zero-order chi connectivity index (χ0) is 26.3. The topological polar surface area (TPSA) is 24.9 Å². The number of nitrogens with zero attached hydrogens (tertiary/aromatic N) is 2. The zero-order valence-electron chi connectivity index (χ0n) is 22.5. The third-order valence-corrected chi connectivity index (χ3v) is 6.59. The summed E-state index contributed by atoms with van der Waals surface area (Å²) in [5.41, 5.74) is 3.31. The lowest BCUT2D eigenvalue weighted by Gasteiger charge is -2.13. The molecule has 3 aromatic rings. The van der Waals surface area contributed by atoms with Gasteiger partial charge < -0.3 is 14.4 Å². The van der Waals surface area contributed by atoms with Gasteiger partial charge in [0, 0.05) is 24.3 Å². The van der Waals surface area contributed by atoms with Gasteiger partial charge in [0.15, 0.2) is 0 Å². The van der Waals surface area contributed by atoms with E-state index in [1.807, 2.05) is 55.4 Å². The summed E-state index contributed by atoms with van der Waals surface area (Å²) in [6.45, 7) is 6.45. The molecule has 0 spiro atoms. The molecule has 5 heteroatoms. The fourth-order valence-electron chi connectivity index (χ4n) is 3.44. The van der Waals surface area contributed by atoms with Crippen LogP contribution < -0.4 is 4.74 Å². The predicted octanol–water partition coefficient (Wildman–Crippen LogP) is 6.37. The minimum Gasteiger partial charge on any atom is -0.494 e. The number of rotatable bonds is 12. The van der Waals surface area contributed by atoms with Crippen molar-refractivity contribution in [1.29, 1.82) is 0 Å². The fraction of sp³-hybridized carbons (Fsp3) is 0.394. The summed E-state index contributed by atoms with van der Waals surface area (Å²) in [6.07, 6.45) is 3.06. The molecule has 0 aliphatic heterocycles. The van der Waals surface area contributed by atoms with E-state index in [-0.39, 0.29) is 7.43 Å². The van der Waals surface area contributed by atoms with Gasteiger partial charge in [-0.1, -0.05) is 50.2 Å². The number of hydrogen-bond acceptors (Lipinski definition) is 5. The van der Waals surface area contributed by atoms with Crippen molar-refractivity contribution in [1.82, 2.24) is 9.80 Å². The molecule has 0 N–H and O–H groups in total. The molecular weight excluding hydrogens is 488 g/mol. The van der Waals surface area contributed by atoms with E-state index in [0.717, 1.165) is 72.2 Å². The highest BCUT2D eigenvalue weighted by atomic mass is 32.1. The standard InChI is InChI=1S/C32H38N2O2S.CH4/c1-5-34(4)23-7-25-36-30-17-13-29(14-18-30)16-20-32-22-21-31(37-32)19-15-28-11-9-27(10-12-28)8-6-24-35-26-33(2)3;/h9-14,17-18,21-22H,5-8,23-26H2,1-4H3;1H4. The van der Waals surface area contributed by atoms with Crippen LogP contribution in [0.1, 0.15) is 53.6 Å². The van der Waals surface area contributed by atoms with Crippen LogP contribution in [-0.4, -0.2) is 64.0 Å². The first-order valence-corrected chi connectivity index (χ1v) is 13.7. The van der Waals surface area contributed by atoms with Gasteiger partial charge in [-0.15, -0.1) is 11.3 Å². The van der Waals surface area contributed by atoms with Crippen molar-refractivity contribution in [3.8, 4) is 29.4 Å². The van der Waals surface area contributed by atoms with Crippen molar-refractivity contribution in [2.75, 3.05) is 54.2 Å². The normalized spacial score (nSPS) is 10.4. The Balaban J connectivity index is 0.00000507. The van der Waals surface area contributed by atoms with Crippen molar-refractivity contribution >= 4 is 11.3 Å². The number of ether oxygens (including phenoxy) is 2. The second-order valence-electron chi connectivity index (χ2n) is 9.20. The Morgan fingerprint density at radius 2 is 1.34 bits per heavy atom. The quantitative estimate of drug-likeness (QED) is 0.154. The van der Waals surface area contributed by atoms with Crippen molar-refractivity contribution in [3.63, 3.8) is 0 Å². The third kappa shape index (κ3) is 12.0. The molecule has 1 heterocycles. The van der Waals surface area contributed by atoms with Crippen LogP contribution in [0, 0.1) is 23.7 Å². The van der Waals surface area contributed by atoms with E-state index in [4.69, 9.17) is 9.47 Å². The van der Waals surface area contributed by atoms with Crippen LogP contribution in [0.2, 0.25) is 0 Å². The Kier molecular flexibility index (Phi) is 14.3. The summed E-state index contributed by atoms with van der Waals surface area (Å²) < 4.78 is 11.4. The first-order valence-electron chi connectivity index (χ1n) is 12.9. The molecule has 1 aromatic heterocycles. The van der Waals surface area contributed by atoms with Gasteiger partial charge in [-0.2, -0.15) is 0 Å². The molecule has 0 fully saturated rings. The summed E-state index contributed by atoms with van der Waals surface area (Å²) >= 11 is 1.62. The maximum atomic E-state index is 5.83. The van der Waals surface area contributed by atoms with E-state index < -0.39 is 0 Å². The van der Waals surface area contributed by atoms with Crippen LogP contribution in [0.4, 0.5) is 0 Å². The smallest absolute Gasteiger partial charge is 0.119 e. The van der Waals surface area contributed by atoms with E-state index in [1.54, 1.807) is 11.3 Å². The van der Waals surface area contributed by atoms with Crippen LogP contribution in [0.15, 0.2) is 60.7 Å². The summed E-state index contributed by atoms with van der Waals surface area (Å²) in [5.74, 6) is 13.9. The molecule has 4 nitrogen and oxygen atoms in total. The largest absolute Gasteiger partial charge is 0.494 e. The zero-order valence-corrected chi connectivity index (χ0v) is 23.4. The van der Waals surface area contributed by atoms with Gasteiger partial charge in [-0.25, -0.2) is 0 Å². The van der Waals surface area contributed by atoms with Gasteiger partial charge in [-0.3, -0.25) is 4.90 Å². The molecule has 38 heavy (non-hydrogen) atoms. The van der Waals surface area contributed by atoms with E-state index in [1.165, 1.54) is 5.56 Å². The predicted molar refractivity (Wildman–Crippen MR) is 162 cm³/mol. The Hall–Kier alpha value is -3.06. The van der Waals surface area contributed by atoms with E-state index in [2.05, 4.69) is 66.8 Å². The van der Waals surface area contributed by atoms with Crippen LogP contribution in [0.3, 0.4) is 0 Å². The molecule has 2 aromatic carbocycles. The van der Waals surface area contributed by atoms with E-state index >= 15 is 0 Å². The van der Waals surface area contributed by atoms with Crippen molar-refractivity contribution in [2.24, 2.45) is 0 Å². The molecule has 0 unspecified atom stereocenters. The molecule has 0 radical (unpaired) electrons. The molecule has 3 rings (SSSR count). The monoisotopic (exact) mass is 530 g/mol. The molecule has 0 bridgehead atoms. The fourth-order valence-corrected chi connectivity index (χ4v) is 4.15. The molecule has 0 saturated carbocycles. The number of hydrogen-bond donors (Lipinski definition) is 0. The summed E-state index contributed by atoms with van der Waals surface area (Å²) in [7, 11) is 6.15. The van der Waals surface area contributed by atoms with E-state index in [9.17, 15) is 0 Å². The molecule has 0 saturated heterocycles. The Morgan fingerprint density at radius 3 is 1.92 bits per heavy atom. The summed E-state index contributed by atoms with van der Waals surface area (Å²) in [5, 5.41) is 0. The lowest BCUT2D eigenvalue weighted by molar-refractivity contribution is 0.0550. The Bertz CT molecular complexity index is 1190. The number of thiophene rings is 1. The average molecular weight is 531 g/mol. The van der Waals surface area contributed by atoms with E-state index in [0.29, 0.717) is 6.73 Å². The second-order valence-corrected chi connectivity index (χ2v) is 10.3. The van der Waals surface area contributed by atoms with Gasteiger partial charge in [0.05, 0.1) is 23.1 Å². The molecule has 0 aliphatic carbocycles.